The molecule has 0 heterocycles. The second kappa shape index (κ2) is 5.52. The van der Waals surface area contributed by atoms with Crippen LogP contribution < -0.4 is 0 Å². The monoisotopic (exact) mass is 169 g/mol. The average Bonchev–Trinajstić information content (AvgIpc) is 2.05. The summed E-state index contributed by atoms with van der Waals surface area (Å²) in [7, 11) is 0. The van der Waals surface area contributed by atoms with E-state index in [4.69, 9.17) is 0 Å². The zero-order chi connectivity index (χ0) is 9.56. The number of hydrogen-bond donors (Lipinski definition) is 0. The van der Waals surface area contributed by atoms with Crippen molar-refractivity contribution in [3.8, 4) is 0 Å². The zero-order valence-electron chi connectivity index (χ0n) is 7.83. The molecule has 3 heteroatoms. The quantitative estimate of drug-likeness (QED) is 0.369. The zero-order valence-corrected chi connectivity index (χ0v) is 7.83. The summed E-state index contributed by atoms with van der Waals surface area (Å²) in [6.07, 6.45) is 5.30. The van der Waals surface area contributed by atoms with Gasteiger partial charge >= 0.3 is 0 Å². The molecule has 0 N–H and O–H groups in total. The molecule has 0 aromatic carbocycles. The summed E-state index contributed by atoms with van der Waals surface area (Å²) in [6, 6.07) is 0. The predicted molar refractivity (Wildman–Crippen MR) is 49.4 cm³/mol. The first-order valence-electron chi connectivity index (χ1n) is 4.12. The summed E-state index contributed by atoms with van der Waals surface area (Å²) in [5.41, 5.74) is 1.42. The van der Waals surface area contributed by atoms with E-state index in [1.54, 1.807) is 6.08 Å². The highest BCUT2D eigenvalue weighted by Gasteiger charge is 1.98. The second-order valence-corrected chi connectivity index (χ2v) is 2.60. The molecule has 68 valence electrons. The van der Waals surface area contributed by atoms with Gasteiger partial charge in [-0.2, -0.15) is 0 Å². The molecule has 0 bridgehead atoms. The number of allylic oxidation sites excluding steroid dienone is 4. The first-order valence-corrected chi connectivity index (χ1v) is 4.12. The number of nitro groups is 1. The Morgan fingerprint density at radius 2 is 1.83 bits per heavy atom. The minimum Gasteiger partial charge on any atom is -0.259 e. The molecule has 0 aliphatic carbocycles. The van der Waals surface area contributed by atoms with E-state index in [0.717, 1.165) is 12.8 Å². The lowest BCUT2D eigenvalue weighted by atomic mass is 10.1. The van der Waals surface area contributed by atoms with E-state index in [1.807, 2.05) is 19.9 Å². The van der Waals surface area contributed by atoms with E-state index in [1.165, 1.54) is 12.5 Å². The summed E-state index contributed by atoms with van der Waals surface area (Å²) in [5.74, 6) is 0. The number of rotatable bonds is 4. The van der Waals surface area contributed by atoms with Crippen LogP contribution in [0.3, 0.4) is 0 Å². The third-order valence-corrected chi connectivity index (χ3v) is 1.76. The molecule has 12 heavy (non-hydrogen) atoms. The van der Waals surface area contributed by atoms with Crippen molar-refractivity contribution in [2.75, 3.05) is 0 Å². The van der Waals surface area contributed by atoms with E-state index >= 15 is 0 Å². The van der Waals surface area contributed by atoms with Gasteiger partial charge in [-0.15, -0.1) is 0 Å². The second-order valence-electron chi connectivity index (χ2n) is 2.60. The van der Waals surface area contributed by atoms with Crippen molar-refractivity contribution in [2.45, 2.75) is 33.6 Å². The Kier molecular flexibility index (Phi) is 5.00. The fraction of sp³-hybridized carbons (Fsp3) is 0.556. The van der Waals surface area contributed by atoms with Gasteiger partial charge in [0.15, 0.2) is 0 Å². The third kappa shape index (κ3) is 3.91. The molecule has 0 fully saturated rings. The van der Waals surface area contributed by atoms with E-state index in [2.05, 4.69) is 0 Å². The molecule has 0 radical (unpaired) electrons. The van der Waals surface area contributed by atoms with Gasteiger partial charge in [0.1, 0.15) is 0 Å². The van der Waals surface area contributed by atoms with E-state index in [9.17, 15) is 10.1 Å². The Balaban J connectivity index is 4.34. The van der Waals surface area contributed by atoms with Crippen LogP contribution in [-0.4, -0.2) is 4.92 Å². The van der Waals surface area contributed by atoms with Crippen molar-refractivity contribution in [1.82, 2.24) is 0 Å². The van der Waals surface area contributed by atoms with E-state index < -0.39 is 0 Å². The molecule has 0 aliphatic rings. The van der Waals surface area contributed by atoms with Crippen molar-refractivity contribution >= 4 is 0 Å². The number of nitrogens with zero attached hydrogens (tertiary/aromatic N) is 1. The first-order chi connectivity index (χ1) is 5.61. The molecule has 0 amide bonds. The molecular formula is C9H15NO2. The molecule has 0 atom stereocenters. The van der Waals surface area contributed by atoms with Gasteiger partial charge in [-0.1, -0.05) is 25.5 Å². The lowest BCUT2D eigenvalue weighted by Crippen LogP contribution is -1.92. The van der Waals surface area contributed by atoms with Gasteiger partial charge in [0.05, 0.1) is 4.92 Å². The molecular weight excluding hydrogens is 154 g/mol. The smallest absolute Gasteiger partial charge is 0.243 e. The van der Waals surface area contributed by atoms with E-state index in [-0.39, 0.29) is 10.6 Å². The SMILES string of the molecule is CCC(=C/C=C(\C)[N+](=O)[O-])CC. The van der Waals surface area contributed by atoms with Crippen LogP contribution in [0.15, 0.2) is 23.4 Å². The summed E-state index contributed by atoms with van der Waals surface area (Å²) in [4.78, 5) is 9.82. The molecule has 0 rings (SSSR count). The lowest BCUT2D eigenvalue weighted by molar-refractivity contribution is -0.424. The highest BCUT2D eigenvalue weighted by Crippen LogP contribution is 2.06. The van der Waals surface area contributed by atoms with Crippen LogP contribution >= 0.6 is 0 Å². The Hall–Kier alpha value is -1.12. The van der Waals surface area contributed by atoms with Crippen molar-refractivity contribution in [2.24, 2.45) is 0 Å². The van der Waals surface area contributed by atoms with Crippen LogP contribution in [0.1, 0.15) is 33.6 Å². The summed E-state index contributed by atoms with van der Waals surface area (Å²) < 4.78 is 0. The topological polar surface area (TPSA) is 43.1 Å². The Morgan fingerprint density at radius 3 is 2.17 bits per heavy atom. The Bertz CT molecular complexity index is 211. The van der Waals surface area contributed by atoms with Gasteiger partial charge < -0.3 is 0 Å². The molecule has 0 spiro atoms. The standard InChI is InChI=1S/C9H15NO2/c1-4-9(5-2)7-6-8(3)10(11)12/h6-7H,4-5H2,1-3H3/b8-6+. The summed E-state index contributed by atoms with van der Waals surface area (Å²) in [6.45, 7) is 5.59. The van der Waals surface area contributed by atoms with Gasteiger partial charge in [-0.05, 0) is 12.8 Å². The van der Waals surface area contributed by atoms with Crippen LogP contribution in [-0.2, 0) is 0 Å². The largest absolute Gasteiger partial charge is 0.259 e. The maximum absolute atomic E-state index is 10.2. The molecule has 3 nitrogen and oxygen atoms in total. The van der Waals surface area contributed by atoms with Gasteiger partial charge in [-0.3, -0.25) is 10.1 Å². The van der Waals surface area contributed by atoms with Crippen molar-refractivity contribution in [3.63, 3.8) is 0 Å². The molecule has 0 unspecified atom stereocenters. The van der Waals surface area contributed by atoms with E-state index in [0.29, 0.717) is 0 Å². The Labute approximate surface area is 72.9 Å². The van der Waals surface area contributed by atoms with Crippen molar-refractivity contribution in [3.05, 3.63) is 33.5 Å². The fourth-order valence-corrected chi connectivity index (χ4v) is 0.785. The fourth-order valence-electron chi connectivity index (χ4n) is 0.785. The van der Waals surface area contributed by atoms with Crippen LogP contribution in [0.5, 0.6) is 0 Å². The molecule has 0 aliphatic heterocycles. The molecule has 0 aromatic heterocycles. The van der Waals surface area contributed by atoms with Crippen molar-refractivity contribution in [1.29, 1.82) is 0 Å². The highest BCUT2D eigenvalue weighted by molar-refractivity contribution is 5.13. The number of hydrogen-bond acceptors (Lipinski definition) is 2. The van der Waals surface area contributed by atoms with Gasteiger partial charge in [-0.25, -0.2) is 0 Å². The minimum atomic E-state index is -0.376. The van der Waals surface area contributed by atoms with Gasteiger partial charge in [0.25, 0.3) is 0 Å². The van der Waals surface area contributed by atoms with Gasteiger partial charge in [0, 0.05) is 13.0 Å². The van der Waals surface area contributed by atoms with Crippen molar-refractivity contribution < 1.29 is 4.92 Å². The lowest BCUT2D eigenvalue weighted by Gasteiger charge is -1.95. The summed E-state index contributed by atoms with van der Waals surface area (Å²) >= 11 is 0. The Morgan fingerprint density at radius 1 is 1.33 bits per heavy atom. The van der Waals surface area contributed by atoms with Crippen LogP contribution in [0, 0.1) is 10.1 Å². The minimum absolute atomic E-state index is 0.189. The maximum atomic E-state index is 10.2. The molecule has 0 saturated carbocycles. The normalized spacial score (nSPS) is 11.1. The van der Waals surface area contributed by atoms with Crippen LogP contribution in [0.2, 0.25) is 0 Å². The average molecular weight is 169 g/mol. The molecule has 0 aromatic rings. The summed E-state index contributed by atoms with van der Waals surface area (Å²) in [5, 5.41) is 10.2. The van der Waals surface area contributed by atoms with Crippen LogP contribution in [0.25, 0.3) is 0 Å². The maximum Gasteiger partial charge on any atom is 0.243 e. The highest BCUT2D eigenvalue weighted by atomic mass is 16.6. The predicted octanol–water partition coefficient (Wildman–Crippen LogP) is 2.91. The van der Waals surface area contributed by atoms with Crippen LogP contribution in [0.4, 0.5) is 0 Å². The molecule has 0 saturated heterocycles. The van der Waals surface area contributed by atoms with Gasteiger partial charge in [0.2, 0.25) is 5.70 Å². The third-order valence-electron chi connectivity index (χ3n) is 1.76. The first kappa shape index (κ1) is 10.9.